The van der Waals surface area contributed by atoms with Gasteiger partial charge >= 0.3 is 5.97 Å². The number of fused-ring (bicyclic) bond motifs is 1. The van der Waals surface area contributed by atoms with Gasteiger partial charge in [0.15, 0.2) is 6.61 Å². The van der Waals surface area contributed by atoms with Gasteiger partial charge in [-0.3, -0.25) is 4.79 Å². The van der Waals surface area contributed by atoms with Crippen molar-refractivity contribution in [1.82, 2.24) is 9.88 Å². The Morgan fingerprint density at radius 2 is 2.04 bits per heavy atom. The maximum Gasteiger partial charge on any atom is 0.339 e. The number of para-hydroxylation sites is 1. The van der Waals surface area contributed by atoms with Crippen LogP contribution in [0.2, 0.25) is 5.15 Å². The summed E-state index contributed by atoms with van der Waals surface area (Å²) in [4.78, 5) is 30.2. The molecule has 0 aliphatic heterocycles. The van der Waals surface area contributed by atoms with E-state index in [2.05, 4.69) is 11.6 Å². The van der Waals surface area contributed by atoms with E-state index in [0.717, 1.165) is 5.57 Å². The van der Waals surface area contributed by atoms with Gasteiger partial charge in [-0.15, -0.1) is 0 Å². The molecule has 0 N–H and O–H groups in total. The highest BCUT2D eigenvalue weighted by Crippen LogP contribution is 2.21. The van der Waals surface area contributed by atoms with Crippen LogP contribution in [-0.2, 0) is 9.53 Å². The number of esters is 1. The van der Waals surface area contributed by atoms with Gasteiger partial charge < -0.3 is 9.64 Å². The topological polar surface area (TPSA) is 59.5 Å². The van der Waals surface area contributed by atoms with E-state index in [-0.39, 0.29) is 17.7 Å². The fourth-order valence-electron chi connectivity index (χ4n) is 2.31. The maximum absolute atomic E-state index is 12.4. The molecular weight excluding hydrogens is 328 g/mol. The number of rotatable bonds is 6. The molecule has 0 saturated carbocycles. The van der Waals surface area contributed by atoms with E-state index in [1.54, 1.807) is 29.2 Å². The highest BCUT2D eigenvalue weighted by Gasteiger charge is 2.18. The Morgan fingerprint density at radius 1 is 1.33 bits per heavy atom. The molecule has 0 aliphatic rings. The Kier molecular flexibility index (Phi) is 5.93. The van der Waals surface area contributed by atoms with E-state index in [1.807, 2.05) is 13.8 Å². The lowest BCUT2D eigenvalue weighted by Crippen LogP contribution is -2.35. The van der Waals surface area contributed by atoms with Crippen molar-refractivity contribution in [2.45, 2.75) is 13.8 Å². The van der Waals surface area contributed by atoms with Crippen LogP contribution < -0.4 is 0 Å². The average Bonchev–Trinajstić information content (AvgIpc) is 2.56. The lowest BCUT2D eigenvalue weighted by atomic mass is 10.1. The predicted octanol–water partition coefficient (Wildman–Crippen LogP) is 3.47. The number of hydrogen-bond acceptors (Lipinski definition) is 4. The van der Waals surface area contributed by atoms with Crippen LogP contribution in [0.25, 0.3) is 10.9 Å². The number of amides is 1. The molecule has 2 aromatic rings. The minimum Gasteiger partial charge on any atom is -0.452 e. The van der Waals surface area contributed by atoms with Crippen LogP contribution >= 0.6 is 11.6 Å². The molecule has 0 radical (unpaired) electrons. The second-order valence-corrected chi connectivity index (χ2v) is 5.84. The van der Waals surface area contributed by atoms with Gasteiger partial charge in [-0.05, 0) is 26.0 Å². The van der Waals surface area contributed by atoms with Crippen molar-refractivity contribution in [2.24, 2.45) is 0 Å². The van der Waals surface area contributed by atoms with Crippen molar-refractivity contribution in [2.75, 3.05) is 19.7 Å². The number of nitrogens with zero attached hydrogens (tertiary/aromatic N) is 2. The van der Waals surface area contributed by atoms with E-state index in [1.165, 1.54) is 6.07 Å². The van der Waals surface area contributed by atoms with E-state index < -0.39 is 5.97 Å². The van der Waals surface area contributed by atoms with Gasteiger partial charge in [-0.1, -0.05) is 42.0 Å². The fraction of sp³-hybridized carbons (Fsp3) is 0.278. The summed E-state index contributed by atoms with van der Waals surface area (Å²) >= 11 is 5.96. The van der Waals surface area contributed by atoms with Crippen LogP contribution in [0.4, 0.5) is 0 Å². The van der Waals surface area contributed by atoms with E-state index in [4.69, 9.17) is 16.3 Å². The van der Waals surface area contributed by atoms with Gasteiger partial charge in [0, 0.05) is 18.5 Å². The first-order valence-electron chi connectivity index (χ1n) is 7.57. The molecule has 1 heterocycles. The van der Waals surface area contributed by atoms with Gasteiger partial charge in [0.2, 0.25) is 0 Å². The van der Waals surface area contributed by atoms with Crippen LogP contribution in [-0.4, -0.2) is 41.5 Å². The number of carbonyl (C=O) groups excluding carboxylic acids is 2. The molecule has 0 aliphatic carbocycles. The SMILES string of the molecule is C=C(C)CN(CC)C(=O)COC(=O)c1cc(Cl)nc2ccccc12. The van der Waals surface area contributed by atoms with E-state index >= 15 is 0 Å². The van der Waals surface area contributed by atoms with Crippen LogP contribution in [0, 0.1) is 0 Å². The third-order valence-corrected chi connectivity index (χ3v) is 3.62. The number of carbonyl (C=O) groups is 2. The Bertz CT molecular complexity index is 789. The molecule has 0 saturated heterocycles. The Balaban J connectivity index is 2.13. The smallest absolute Gasteiger partial charge is 0.339 e. The van der Waals surface area contributed by atoms with Crippen LogP contribution in [0.3, 0.4) is 0 Å². The summed E-state index contributed by atoms with van der Waals surface area (Å²) in [5.41, 5.74) is 1.76. The summed E-state index contributed by atoms with van der Waals surface area (Å²) < 4.78 is 5.17. The Labute approximate surface area is 145 Å². The zero-order valence-corrected chi connectivity index (χ0v) is 14.5. The molecule has 24 heavy (non-hydrogen) atoms. The zero-order valence-electron chi connectivity index (χ0n) is 13.7. The summed E-state index contributed by atoms with van der Waals surface area (Å²) in [5.74, 6) is -0.867. The number of likely N-dealkylation sites (N-methyl/N-ethyl adjacent to an activating group) is 1. The first-order chi connectivity index (χ1) is 11.4. The molecule has 0 atom stereocenters. The molecule has 0 unspecified atom stereocenters. The third kappa shape index (κ3) is 4.32. The summed E-state index contributed by atoms with van der Waals surface area (Å²) in [6, 6.07) is 8.57. The van der Waals surface area contributed by atoms with Gasteiger partial charge in [0.1, 0.15) is 5.15 Å². The zero-order chi connectivity index (χ0) is 17.7. The normalized spacial score (nSPS) is 10.5. The molecule has 0 fully saturated rings. The average molecular weight is 347 g/mol. The highest BCUT2D eigenvalue weighted by molar-refractivity contribution is 6.30. The van der Waals surface area contributed by atoms with Crippen molar-refractivity contribution in [3.63, 3.8) is 0 Å². The van der Waals surface area contributed by atoms with Crippen molar-refractivity contribution in [3.05, 3.63) is 53.2 Å². The van der Waals surface area contributed by atoms with Gasteiger partial charge in [-0.2, -0.15) is 0 Å². The van der Waals surface area contributed by atoms with Crippen molar-refractivity contribution in [3.8, 4) is 0 Å². The number of ether oxygens (including phenoxy) is 1. The lowest BCUT2D eigenvalue weighted by Gasteiger charge is -2.20. The minimum atomic E-state index is -0.602. The molecule has 1 amide bonds. The summed E-state index contributed by atoms with van der Waals surface area (Å²) in [6.45, 7) is 8.13. The Morgan fingerprint density at radius 3 is 2.71 bits per heavy atom. The van der Waals surface area contributed by atoms with Gasteiger partial charge in [0.05, 0.1) is 11.1 Å². The molecule has 6 heteroatoms. The number of pyridine rings is 1. The quantitative estimate of drug-likeness (QED) is 0.456. The van der Waals surface area contributed by atoms with Crippen molar-refractivity contribution >= 4 is 34.4 Å². The van der Waals surface area contributed by atoms with Crippen molar-refractivity contribution < 1.29 is 14.3 Å². The largest absolute Gasteiger partial charge is 0.452 e. The molecule has 0 bridgehead atoms. The molecule has 1 aromatic carbocycles. The lowest BCUT2D eigenvalue weighted by molar-refractivity contribution is -0.133. The first-order valence-corrected chi connectivity index (χ1v) is 7.94. The Hall–Kier alpha value is -2.40. The summed E-state index contributed by atoms with van der Waals surface area (Å²) in [5, 5.41) is 0.832. The number of halogens is 1. The predicted molar refractivity (Wildman–Crippen MR) is 94.1 cm³/mol. The molecule has 126 valence electrons. The van der Waals surface area contributed by atoms with Crippen LogP contribution in [0.1, 0.15) is 24.2 Å². The maximum atomic E-state index is 12.4. The van der Waals surface area contributed by atoms with Crippen LogP contribution in [0.5, 0.6) is 0 Å². The minimum absolute atomic E-state index is 0.199. The molecule has 5 nitrogen and oxygen atoms in total. The van der Waals surface area contributed by atoms with Gasteiger partial charge in [-0.25, -0.2) is 9.78 Å². The van der Waals surface area contributed by atoms with E-state index in [9.17, 15) is 9.59 Å². The molecule has 2 rings (SSSR count). The standard InChI is InChI=1S/C18H19ClN2O3/c1-4-21(10-12(2)3)17(22)11-24-18(23)14-9-16(19)20-15-8-6-5-7-13(14)15/h5-9H,2,4,10-11H2,1,3H3. The monoisotopic (exact) mass is 346 g/mol. The van der Waals surface area contributed by atoms with E-state index in [0.29, 0.717) is 29.6 Å². The summed E-state index contributed by atoms with van der Waals surface area (Å²) in [6.07, 6.45) is 0. The molecule has 1 aromatic heterocycles. The number of hydrogen-bond donors (Lipinski definition) is 0. The number of aromatic nitrogens is 1. The van der Waals surface area contributed by atoms with Crippen molar-refractivity contribution in [1.29, 1.82) is 0 Å². The second-order valence-electron chi connectivity index (χ2n) is 5.45. The second kappa shape index (κ2) is 7.93. The third-order valence-electron chi connectivity index (χ3n) is 3.43. The summed E-state index contributed by atoms with van der Waals surface area (Å²) in [7, 11) is 0. The fourth-order valence-corrected chi connectivity index (χ4v) is 2.51. The first kappa shape index (κ1) is 17.9. The van der Waals surface area contributed by atoms with Crippen LogP contribution in [0.15, 0.2) is 42.5 Å². The number of benzene rings is 1. The highest BCUT2D eigenvalue weighted by atomic mass is 35.5. The molecule has 0 spiro atoms. The van der Waals surface area contributed by atoms with Gasteiger partial charge in [0.25, 0.3) is 5.91 Å². The molecular formula is C18H19ClN2O3.